The number of anilines is 1. The average molecular weight is 355 g/mol. The fourth-order valence-electron chi connectivity index (χ4n) is 2.62. The Hall–Kier alpha value is -2.08. The summed E-state index contributed by atoms with van der Waals surface area (Å²) in [5, 5.41) is 21.2. The molecule has 1 aliphatic rings. The smallest absolute Gasteiger partial charge is 0.171 e. The number of fused-ring (bicyclic) bond motifs is 1. The third-order valence-corrected chi connectivity index (χ3v) is 5.25. The number of nitrogen functional groups attached to an aromatic ring is 1. The Labute approximate surface area is 137 Å². The monoisotopic (exact) mass is 355 g/mol. The number of ether oxygens (including phenoxy) is 1. The summed E-state index contributed by atoms with van der Waals surface area (Å²) in [5.74, 6) is -0.0577. The molecule has 3 rings (SSSR count). The Morgan fingerprint density at radius 3 is 2.79 bits per heavy atom. The third-order valence-electron chi connectivity index (χ3n) is 3.94. The molecule has 0 radical (unpaired) electrons. The maximum Gasteiger partial charge on any atom is 0.171 e. The van der Waals surface area contributed by atoms with Crippen molar-refractivity contribution in [2.45, 2.75) is 31.0 Å². The number of nitrogens with two attached hydrogens (primary N) is 1. The highest BCUT2D eigenvalue weighted by Gasteiger charge is 2.44. The first-order chi connectivity index (χ1) is 11.3. The summed E-state index contributed by atoms with van der Waals surface area (Å²) >= 11 is 0. The number of rotatable bonds is 5. The van der Waals surface area contributed by atoms with Crippen LogP contribution in [0.1, 0.15) is 12.6 Å². The Morgan fingerprint density at radius 2 is 2.08 bits per heavy atom. The molecule has 0 unspecified atom stereocenters. The molecule has 130 valence electrons. The highest BCUT2D eigenvalue weighted by molar-refractivity contribution is 7.94. The van der Waals surface area contributed by atoms with Gasteiger partial charge in [0.2, 0.25) is 0 Å². The lowest BCUT2D eigenvalue weighted by Crippen LogP contribution is -2.32. The van der Waals surface area contributed by atoms with Crippen LogP contribution in [0.25, 0.3) is 11.2 Å². The zero-order valence-electron chi connectivity index (χ0n) is 12.6. The minimum absolute atomic E-state index is 0.0207. The van der Waals surface area contributed by atoms with Crippen LogP contribution in [0.2, 0.25) is 0 Å². The van der Waals surface area contributed by atoms with E-state index in [2.05, 4.69) is 21.5 Å². The number of nitrogens with zero attached hydrogens (tertiary/aromatic N) is 4. The maximum absolute atomic E-state index is 11.5. The normalized spacial score (nSPS) is 27.6. The number of imidazole rings is 1. The maximum atomic E-state index is 11.5. The minimum atomic E-state index is -3.42. The van der Waals surface area contributed by atoms with E-state index >= 15 is 0 Å². The Balaban J connectivity index is 1.84. The van der Waals surface area contributed by atoms with Gasteiger partial charge >= 0.3 is 0 Å². The van der Waals surface area contributed by atoms with E-state index in [0.29, 0.717) is 11.2 Å². The van der Waals surface area contributed by atoms with Crippen molar-refractivity contribution in [1.82, 2.24) is 19.5 Å². The SMILES string of the molecule is C=CS(=O)(=O)CC[C@H]1O[C@@H](n2cnc3c(N)ncnc32)[C@H](O)[C@@H]1O. The molecule has 11 heteroatoms. The molecule has 4 N–H and O–H groups in total. The van der Waals surface area contributed by atoms with Crippen molar-refractivity contribution in [2.24, 2.45) is 0 Å². The molecule has 0 aromatic carbocycles. The van der Waals surface area contributed by atoms with Gasteiger partial charge in [-0.15, -0.1) is 0 Å². The number of aromatic nitrogens is 4. The van der Waals surface area contributed by atoms with E-state index < -0.39 is 34.4 Å². The van der Waals surface area contributed by atoms with Crippen LogP contribution in [0.5, 0.6) is 0 Å². The van der Waals surface area contributed by atoms with Crippen molar-refractivity contribution >= 4 is 26.8 Å². The molecule has 0 saturated carbocycles. The second-order valence-electron chi connectivity index (χ2n) is 5.45. The van der Waals surface area contributed by atoms with E-state index in [4.69, 9.17) is 10.5 Å². The molecule has 0 aliphatic carbocycles. The van der Waals surface area contributed by atoms with Crippen LogP contribution < -0.4 is 5.73 Å². The summed E-state index contributed by atoms with van der Waals surface area (Å²) in [6.07, 6.45) is -1.68. The van der Waals surface area contributed by atoms with E-state index in [-0.39, 0.29) is 18.0 Å². The lowest BCUT2D eigenvalue weighted by Gasteiger charge is -2.16. The van der Waals surface area contributed by atoms with Crippen molar-refractivity contribution in [3.8, 4) is 0 Å². The number of hydrogen-bond donors (Lipinski definition) is 3. The first-order valence-corrected chi connectivity index (χ1v) is 8.85. The first-order valence-electron chi connectivity index (χ1n) is 7.14. The van der Waals surface area contributed by atoms with Crippen LogP contribution in [0, 0.1) is 0 Å². The Kier molecular flexibility index (Phi) is 4.25. The minimum Gasteiger partial charge on any atom is -0.388 e. The number of sulfone groups is 1. The summed E-state index contributed by atoms with van der Waals surface area (Å²) in [6, 6.07) is 0. The fraction of sp³-hybridized carbons (Fsp3) is 0.462. The molecule has 10 nitrogen and oxygen atoms in total. The second-order valence-corrected chi connectivity index (χ2v) is 7.52. The van der Waals surface area contributed by atoms with Crippen molar-refractivity contribution in [1.29, 1.82) is 0 Å². The lowest BCUT2D eigenvalue weighted by atomic mass is 10.1. The predicted molar refractivity (Wildman–Crippen MR) is 84.3 cm³/mol. The molecule has 2 aromatic rings. The Bertz CT molecular complexity index is 867. The first kappa shape index (κ1) is 16.8. The van der Waals surface area contributed by atoms with Crippen LogP contribution >= 0.6 is 0 Å². The molecule has 4 atom stereocenters. The van der Waals surface area contributed by atoms with Crippen molar-refractivity contribution < 1.29 is 23.4 Å². The number of aliphatic hydroxyl groups is 2. The molecule has 3 heterocycles. The van der Waals surface area contributed by atoms with Gasteiger partial charge in [0, 0.05) is 5.41 Å². The van der Waals surface area contributed by atoms with Crippen LogP contribution in [0.4, 0.5) is 5.82 Å². The van der Waals surface area contributed by atoms with Crippen LogP contribution in [0.15, 0.2) is 24.6 Å². The van der Waals surface area contributed by atoms with Gasteiger partial charge in [-0.2, -0.15) is 0 Å². The quantitative estimate of drug-likeness (QED) is 0.611. The highest BCUT2D eigenvalue weighted by Crippen LogP contribution is 2.33. The molecule has 2 aromatic heterocycles. The number of aliphatic hydroxyl groups excluding tert-OH is 2. The van der Waals surface area contributed by atoms with Crippen LogP contribution in [-0.4, -0.2) is 62.2 Å². The van der Waals surface area contributed by atoms with Gasteiger partial charge in [0.1, 0.15) is 24.1 Å². The van der Waals surface area contributed by atoms with Crippen LogP contribution in [0.3, 0.4) is 0 Å². The summed E-state index contributed by atoms with van der Waals surface area (Å²) in [4.78, 5) is 12.0. The molecule has 1 aliphatic heterocycles. The summed E-state index contributed by atoms with van der Waals surface area (Å²) in [7, 11) is -3.42. The van der Waals surface area contributed by atoms with E-state index in [1.807, 2.05) is 0 Å². The average Bonchev–Trinajstić information content (AvgIpc) is 3.10. The third kappa shape index (κ3) is 2.86. The number of hydrogen-bond acceptors (Lipinski definition) is 9. The second kappa shape index (κ2) is 6.09. The van der Waals surface area contributed by atoms with Gasteiger partial charge in [-0.25, -0.2) is 23.4 Å². The van der Waals surface area contributed by atoms with Gasteiger partial charge < -0.3 is 20.7 Å². The van der Waals surface area contributed by atoms with E-state index in [0.717, 1.165) is 5.41 Å². The highest BCUT2D eigenvalue weighted by atomic mass is 32.2. The van der Waals surface area contributed by atoms with E-state index in [1.54, 1.807) is 0 Å². The van der Waals surface area contributed by atoms with E-state index in [1.165, 1.54) is 17.2 Å². The summed E-state index contributed by atoms with van der Waals surface area (Å²) in [5.41, 5.74) is 6.41. The predicted octanol–water partition coefficient (Wildman–Crippen LogP) is -1.02. The summed E-state index contributed by atoms with van der Waals surface area (Å²) < 4.78 is 30.1. The molecule has 0 bridgehead atoms. The van der Waals surface area contributed by atoms with Crippen molar-refractivity contribution in [3.63, 3.8) is 0 Å². The molecular weight excluding hydrogens is 338 g/mol. The van der Waals surface area contributed by atoms with Gasteiger partial charge in [-0.1, -0.05) is 6.58 Å². The lowest BCUT2D eigenvalue weighted by molar-refractivity contribution is -0.0353. The zero-order valence-corrected chi connectivity index (χ0v) is 13.4. The topological polar surface area (TPSA) is 153 Å². The molecule has 24 heavy (non-hydrogen) atoms. The van der Waals surface area contributed by atoms with Crippen LogP contribution in [-0.2, 0) is 14.6 Å². The van der Waals surface area contributed by atoms with Crippen molar-refractivity contribution in [3.05, 3.63) is 24.6 Å². The van der Waals surface area contributed by atoms with Gasteiger partial charge in [-0.3, -0.25) is 4.57 Å². The Morgan fingerprint density at radius 1 is 1.33 bits per heavy atom. The molecule has 1 fully saturated rings. The fourth-order valence-corrected chi connectivity index (χ4v) is 3.35. The van der Waals surface area contributed by atoms with Gasteiger partial charge in [0.25, 0.3) is 0 Å². The van der Waals surface area contributed by atoms with Gasteiger partial charge in [-0.05, 0) is 6.42 Å². The van der Waals surface area contributed by atoms with Gasteiger partial charge in [0.15, 0.2) is 27.5 Å². The van der Waals surface area contributed by atoms with Crippen molar-refractivity contribution in [2.75, 3.05) is 11.5 Å². The standard InChI is InChI=1S/C13H17N5O5S/c1-2-24(21,22)4-3-7-9(19)10(20)13(23-7)18-6-17-8-11(14)15-5-16-12(8)18/h2,5-7,9-10,13,19-20H,1,3-4H2,(H2,14,15,16)/t7-,9-,10-,13-/m1/s1. The van der Waals surface area contributed by atoms with E-state index in [9.17, 15) is 18.6 Å². The molecular formula is C13H17N5O5S. The largest absolute Gasteiger partial charge is 0.388 e. The molecule has 0 spiro atoms. The molecule has 1 saturated heterocycles. The molecule has 0 amide bonds. The summed E-state index contributed by atoms with van der Waals surface area (Å²) in [6.45, 7) is 3.23. The van der Waals surface area contributed by atoms with Gasteiger partial charge in [0.05, 0.1) is 18.2 Å². The zero-order chi connectivity index (χ0) is 17.5.